The van der Waals surface area contributed by atoms with Gasteiger partial charge in [0, 0.05) is 6.20 Å². The summed E-state index contributed by atoms with van der Waals surface area (Å²) in [6.45, 7) is 0.384. The first-order valence-corrected chi connectivity index (χ1v) is 6.92. The van der Waals surface area contributed by atoms with E-state index in [-0.39, 0.29) is 18.1 Å². The maximum absolute atomic E-state index is 13.1. The van der Waals surface area contributed by atoms with E-state index in [4.69, 9.17) is 4.74 Å². The van der Waals surface area contributed by atoms with Gasteiger partial charge in [0.2, 0.25) is 0 Å². The maximum Gasteiger partial charge on any atom is 0.360 e. The highest BCUT2D eigenvalue weighted by atomic mass is 19.1. The molecule has 0 atom stereocenters. The van der Waals surface area contributed by atoms with Crippen LogP contribution in [0.15, 0.2) is 54.9 Å². The molecular weight excluding hydrogens is 299 g/mol. The highest BCUT2D eigenvalue weighted by Crippen LogP contribution is 2.07. The molecule has 0 aliphatic carbocycles. The summed E-state index contributed by atoms with van der Waals surface area (Å²) in [5.41, 5.74) is 1.47. The van der Waals surface area contributed by atoms with Crippen molar-refractivity contribution < 1.29 is 13.9 Å². The second-order valence-electron chi connectivity index (χ2n) is 4.83. The molecule has 0 spiro atoms. The van der Waals surface area contributed by atoms with Gasteiger partial charge in [0.05, 0.1) is 18.4 Å². The lowest BCUT2D eigenvalue weighted by molar-refractivity contribution is 0.0465. The van der Waals surface area contributed by atoms with Crippen molar-refractivity contribution in [2.45, 2.75) is 13.2 Å². The Morgan fingerprint density at radius 1 is 1.22 bits per heavy atom. The van der Waals surface area contributed by atoms with Gasteiger partial charge in [0.1, 0.15) is 12.4 Å². The summed E-state index contributed by atoms with van der Waals surface area (Å²) >= 11 is 0. The van der Waals surface area contributed by atoms with Crippen molar-refractivity contribution >= 4 is 5.97 Å². The number of esters is 1. The summed E-state index contributed by atoms with van der Waals surface area (Å²) in [7, 11) is 0. The maximum atomic E-state index is 13.1. The fraction of sp³-hybridized carbons (Fsp3) is 0.125. The first kappa shape index (κ1) is 14.8. The minimum absolute atomic E-state index is 0.0241. The number of rotatable bonds is 5. The van der Waals surface area contributed by atoms with Crippen LogP contribution >= 0.6 is 0 Å². The molecule has 0 saturated heterocycles. The molecular formula is C16H13FN4O2. The molecule has 2 heterocycles. The largest absolute Gasteiger partial charge is 0.456 e. The lowest BCUT2D eigenvalue weighted by atomic mass is 10.2. The number of ether oxygens (including phenoxy) is 1. The van der Waals surface area contributed by atoms with Gasteiger partial charge in [-0.05, 0) is 29.8 Å². The number of carbonyl (C=O) groups is 1. The molecule has 0 N–H and O–H groups in total. The quantitative estimate of drug-likeness (QED) is 0.676. The monoisotopic (exact) mass is 312 g/mol. The minimum Gasteiger partial charge on any atom is -0.456 e. The zero-order chi connectivity index (χ0) is 16.1. The number of benzene rings is 1. The Hall–Kier alpha value is -3.09. The van der Waals surface area contributed by atoms with E-state index < -0.39 is 5.97 Å². The summed E-state index contributed by atoms with van der Waals surface area (Å²) in [4.78, 5) is 16.1. The number of carbonyl (C=O) groups excluding carboxylic acids is 1. The van der Waals surface area contributed by atoms with Crippen LogP contribution in [-0.4, -0.2) is 25.9 Å². The molecule has 0 radical (unpaired) electrons. The van der Waals surface area contributed by atoms with Gasteiger partial charge in [0.25, 0.3) is 0 Å². The smallest absolute Gasteiger partial charge is 0.360 e. The van der Waals surface area contributed by atoms with Crippen molar-refractivity contribution in [2.75, 3.05) is 0 Å². The Balaban J connectivity index is 1.60. The average Bonchev–Trinajstić information content (AvgIpc) is 3.02. The SMILES string of the molecule is O=C(OCc1cccc(F)c1)c1cn(Cc2ccccn2)nn1. The van der Waals surface area contributed by atoms with E-state index in [0.717, 1.165) is 5.69 Å². The number of halogens is 1. The average molecular weight is 312 g/mol. The van der Waals surface area contributed by atoms with Crippen LogP contribution < -0.4 is 0 Å². The van der Waals surface area contributed by atoms with Gasteiger partial charge in [-0.2, -0.15) is 0 Å². The molecule has 3 aromatic rings. The van der Waals surface area contributed by atoms with Crippen LogP contribution in [0.1, 0.15) is 21.7 Å². The molecule has 23 heavy (non-hydrogen) atoms. The van der Waals surface area contributed by atoms with Crippen molar-refractivity contribution in [2.24, 2.45) is 0 Å². The molecule has 0 saturated carbocycles. The zero-order valence-corrected chi connectivity index (χ0v) is 12.1. The van der Waals surface area contributed by atoms with Crippen LogP contribution in [0.25, 0.3) is 0 Å². The van der Waals surface area contributed by atoms with Gasteiger partial charge >= 0.3 is 5.97 Å². The van der Waals surface area contributed by atoms with Crippen LogP contribution in [0, 0.1) is 5.82 Å². The Kier molecular flexibility index (Phi) is 4.37. The predicted molar refractivity (Wildman–Crippen MR) is 78.9 cm³/mol. The van der Waals surface area contributed by atoms with Crippen molar-refractivity contribution in [1.82, 2.24) is 20.0 Å². The Labute approximate surface area is 131 Å². The van der Waals surface area contributed by atoms with Crippen LogP contribution in [0.3, 0.4) is 0 Å². The number of hydrogen-bond donors (Lipinski definition) is 0. The van der Waals surface area contributed by atoms with Crippen molar-refractivity contribution in [3.63, 3.8) is 0 Å². The van der Waals surface area contributed by atoms with E-state index in [9.17, 15) is 9.18 Å². The second kappa shape index (κ2) is 6.78. The molecule has 3 rings (SSSR count). The van der Waals surface area contributed by atoms with Gasteiger partial charge < -0.3 is 4.74 Å². The molecule has 1 aromatic carbocycles. The topological polar surface area (TPSA) is 69.9 Å². The van der Waals surface area contributed by atoms with Gasteiger partial charge in [-0.3, -0.25) is 4.98 Å². The summed E-state index contributed by atoms with van der Waals surface area (Å²) < 4.78 is 19.6. The first-order chi connectivity index (χ1) is 11.2. The van der Waals surface area contributed by atoms with Gasteiger partial charge in [0.15, 0.2) is 5.69 Å². The molecule has 6 nitrogen and oxygen atoms in total. The third kappa shape index (κ3) is 3.97. The summed E-state index contributed by atoms with van der Waals surface area (Å²) in [5.74, 6) is -0.985. The van der Waals surface area contributed by atoms with Crippen LogP contribution in [-0.2, 0) is 17.9 Å². The van der Waals surface area contributed by atoms with Crippen LogP contribution in [0.4, 0.5) is 4.39 Å². The Morgan fingerprint density at radius 2 is 2.13 bits per heavy atom. The highest BCUT2D eigenvalue weighted by molar-refractivity contribution is 5.86. The lowest BCUT2D eigenvalue weighted by Crippen LogP contribution is -2.06. The molecule has 0 bridgehead atoms. The Bertz CT molecular complexity index is 805. The molecule has 0 unspecified atom stereocenters. The summed E-state index contributed by atoms with van der Waals surface area (Å²) in [6, 6.07) is 11.4. The fourth-order valence-electron chi connectivity index (χ4n) is 1.98. The Morgan fingerprint density at radius 3 is 2.91 bits per heavy atom. The van der Waals surface area contributed by atoms with E-state index in [1.165, 1.54) is 23.0 Å². The molecule has 7 heteroatoms. The predicted octanol–water partition coefficient (Wildman–Crippen LogP) is 2.22. The minimum atomic E-state index is -0.610. The molecule has 0 aliphatic heterocycles. The lowest BCUT2D eigenvalue weighted by Gasteiger charge is -2.02. The third-order valence-corrected chi connectivity index (χ3v) is 3.06. The molecule has 116 valence electrons. The van der Waals surface area contributed by atoms with E-state index >= 15 is 0 Å². The second-order valence-corrected chi connectivity index (χ2v) is 4.83. The number of pyridine rings is 1. The standard InChI is InChI=1S/C16H13FN4O2/c17-13-5-3-4-12(8-13)11-23-16(22)15-10-21(20-19-15)9-14-6-1-2-7-18-14/h1-8,10H,9,11H2. The van der Waals surface area contributed by atoms with Crippen LogP contribution in [0.2, 0.25) is 0 Å². The summed E-state index contributed by atoms with van der Waals surface area (Å²) in [5, 5.41) is 7.65. The van der Waals surface area contributed by atoms with Crippen molar-refractivity contribution in [3.8, 4) is 0 Å². The third-order valence-electron chi connectivity index (χ3n) is 3.06. The van der Waals surface area contributed by atoms with Crippen molar-refractivity contribution in [3.05, 3.63) is 77.6 Å². The normalized spacial score (nSPS) is 10.5. The fourth-order valence-corrected chi connectivity index (χ4v) is 1.98. The molecule has 0 fully saturated rings. The number of aromatic nitrogens is 4. The van der Waals surface area contributed by atoms with E-state index in [1.54, 1.807) is 18.3 Å². The van der Waals surface area contributed by atoms with Crippen LogP contribution in [0.5, 0.6) is 0 Å². The molecule has 0 aliphatic rings. The van der Waals surface area contributed by atoms with Gasteiger partial charge in [-0.15, -0.1) is 5.10 Å². The highest BCUT2D eigenvalue weighted by Gasteiger charge is 2.13. The van der Waals surface area contributed by atoms with E-state index in [1.807, 2.05) is 18.2 Å². The van der Waals surface area contributed by atoms with Gasteiger partial charge in [-0.1, -0.05) is 23.4 Å². The zero-order valence-electron chi connectivity index (χ0n) is 12.1. The summed E-state index contributed by atoms with van der Waals surface area (Å²) in [6.07, 6.45) is 3.17. The number of hydrogen-bond acceptors (Lipinski definition) is 5. The molecule has 2 aromatic heterocycles. The molecule has 0 amide bonds. The van der Waals surface area contributed by atoms with E-state index in [2.05, 4.69) is 15.3 Å². The number of nitrogens with zero attached hydrogens (tertiary/aromatic N) is 4. The van der Waals surface area contributed by atoms with Gasteiger partial charge in [-0.25, -0.2) is 13.9 Å². The van der Waals surface area contributed by atoms with Crippen molar-refractivity contribution in [1.29, 1.82) is 0 Å². The van der Waals surface area contributed by atoms with E-state index in [0.29, 0.717) is 12.1 Å². The first-order valence-electron chi connectivity index (χ1n) is 6.92.